The summed E-state index contributed by atoms with van der Waals surface area (Å²) in [7, 11) is -4.04. The molecule has 1 heterocycles. The number of hydrazine groups is 1. The summed E-state index contributed by atoms with van der Waals surface area (Å²) in [6.07, 6.45) is 0. The van der Waals surface area contributed by atoms with Gasteiger partial charge in [-0.25, -0.2) is 13.1 Å². The van der Waals surface area contributed by atoms with Crippen LogP contribution < -0.4 is 16.0 Å². The molecule has 0 fully saturated rings. The predicted molar refractivity (Wildman–Crippen MR) is 70.8 cm³/mol. The van der Waals surface area contributed by atoms with Gasteiger partial charge in [-0.3, -0.25) is 16.0 Å². The van der Waals surface area contributed by atoms with E-state index < -0.39 is 14.9 Å². The van der Waals surface area contributed by atoms with E-state index in [1.807, 2.05) is 4.72 Å². The number of nitro groups is 1. The Labute approximate surface area is 118 Å². The third-order valence-electron chi connectivity index (χ3n) is 2.38. The number of benzene rings is 1. The van der Waals surface area contributed by atoms with Gasteiger partial charge in [0.1, 0.15) is 5.69 Å². The zero-order valence-corrected chi connectivity index (χ0v) is 11.4. The van der Waals surface area contributed by atoms with Gasteiger partial charge in [0.15, 0.2) is 0 Å². The van der Waals surface area contributed by atoms with E-state index in [2.05, 4.69) is 15.6 Å². The Bertz CT molecular complexity index is 786. The maximum Gasteiger partial charge on any atom is 0.329 e. The molecule has 2 rings (SSSR count). The molecular formula is C9H10N6O5S. The van der Waals surface area contributed by atoms with E-state index in [-0.39, 0.29) is 28.2 Å². The third kappa shape index (κ3) is 3.06. The molecule has 0 saturated heterocycles. The topological polar surface area (TPSA) is 166 Å². The average molecular weight is 314 g/mol. The number of aryl methyl sites for hydroxylation is 1. The number of nitro benzene ring substituents is 1. The van der Waals surface area contributed by atoms with Crippen LogP contribution in [0, 0.1) is 17.0 Å². The van der Waals surface area contributed by atoms with Gasteiger partial charge in [-0.2, -0.15) is 0 Å². The molecule has 0 saturated carbocycles. The summed E-state index contributed by atoms with van der Waals surface area (Å²) in [6, 6.07) is 2.78. The molecule has 11 nitrogen and oxygen atoms in total. The number of nitrogens with zero attached hydrogens (tertiary/aromatic N) is 3. The van der Waals surface area contributed by atoms with Crippen LogP contribution in [-0.4, -0.2) is 23.5 Å². The molecule has 0 aliphatic heterocycles. The maximum absolute atomic E-state index is 12.1. The number of nitrogens with two attached hydrogens (primary N) is 1. The highest BCUT2D eigenvalue weighted by atomic mass is 32.2. The molecule has 0 radical (unpaired) electrons. The Morgan fingerprint density at radius 3 is 2.62 bits per heavy atom. The van der Waals surface area contributed by atoms with Crippen LogP contribution >= 0.6 is 0 Å². The Kier molecular flexibility index (Phi) is 3.73. The highest BCUT2D eigenvalue weighted by Crippen LogP contribution is 2.27. The summed E-state index contributed by atoms with van der Waals surface area (Å²) < 4.78 is 31.1. The lowest BCUT2D eigenvalue weighted by molar-refractivity contribution is -0.384. The number of hydrogen-bond acceptors (Lipinski definition) is 9. The van der Waals surface area contributed by atoms with Gasteiger partial charge in [-0.05, 0) is 12.1 Å². The normalized spacial score (nSPS) is 11.1. The molecule has 4 N–H and O–H groups in total. The second-order valence-electron chi connectivity index (χ2n) is 3.81. The molecule has 1 aromatic heterocycles. The molecule has 0 aliphatic carbocycles. The van der Waals surface area contributed by atoms with Crippen molar-refractivity contribution in [1.82, 2.24) is 10.2 Å². The molecule has 0 amide bonds. The monoisotopic (exact) mass is 314 g/mol. The van der Waals surface area contributed by atoms with E-state index in [9.17, 15) is 18.5 Å². The molecule has 112 valence electrons. The van der Waals surface area contributed by atoms with Gasteiger partial charge >= 0.3 is 6.01 Å². The van der Waals surface area contributed by atoms with Gasteiger partial charge in [-0.15, -0.1) is 5.10 Å². The van der Waals surface area contributed by atoms with Crippen LogP contribution in [0.3, 0.4) is 0 Å². The average Bonchev–Trinajstić information content (AvgIpc) is 2.82. The molecule has 0 unspecified atom stereocenters. The minimum Gasteiger partial charge on any atom is -0.408 e. The van der Waals surface area contributed by atoms with Crippen molar-refractivity contribution in [2.75, 3.05) is 10.1 Å². The number of sulfonamides is 1. The van der Waals surface area contributed by atoms with E-state index in [0.29, 0.717) is 0 Å². The first kappa shape index (κ1) is 14.7. The lowest BCUT2D eigenvalue weighted by Gasteiger charge is -2.07. The smallest absolute Gasteiger partial charge is 0.329 e. The minimum absolute atomic E-state index is 0.149. The quantitative estimate of drug-likeness (QED) is 0.401. The van der Waals surface area contributed by atoms with Crippen LogP contribution in [0.25, 0.3) is 0 Å². The first-order valence-electron chi connectivity index (χ1n) is 5.41. The van der Waals surface area contributed by atoms with Crippen LogP contribution in [0.2, 0.25) is 0 Å². The van der Waals surface area contributed by atoms with Crippen molar-refractivity contribution in [2.24, 2.45) is 5.84 Å². The first-order valence-corrected chi connectivity index (χ1v) is 6.90. The van der Waals surface area contributed by atoms with Crippen LogP contribution in [0.5, 0.6) is 0 Å². The van der Waals surface area contributed by atoms with Gasteiger partial charge in [-0.1, -0.05) is 5.10 Å². The van der Waals surface area contributed by atoms with E-state index in [0.717, 1.165) is 18.2 Å². The molecule has 21 heavy (non-hydrogen) atoms. The minimum atomic E-state index is -4.04. The van der Waals surface area contributed by atoms with Crippen molar-refractivity contribution < 1.29 is 17.8 Å². The Morgan fingerprint density at radius 1 is 1.38 bits per heavy atom. The van der Waals surface area contributed by atoms with E-state index in [1.165, 1.54) is 6.92 Å². The molecule has 0 spiro atoms. The summed E-state index contributed by atoms with van der Waals surface area (Å²) in [5, 5.41) is 17.7. The fourth-order valence-electron chi connectivity index (χ4n) is 1.47. The number of nitrogen functional groups attached to an aromatic ring is 1. The first-order chi connectivity index (χ1) is 9.83. The largest absolute Gasteiger partial charge is 0.408 e. The van der Waals surface area contributed by atoms with Crippen LogP contribution in [0.1, 0.15) is 5.89 Å². The lowest BCUT2D eigenvalue weighted by atomic mass is 10.3. The van der Waals surface area contributed by atoms with E-state index in [1.54, 1.807) is 0 Å². The van der Waals surface area contributed by atoms with Crippen molar-refractivity contribution >= 4 is 27.4 Å². The Balaban J connectivity index is 2.38. The number of hydrogen-bond donors (Lipinski definition) is 3. The SMILES string of the molecule is Cc1nnc(NS(=O)(=O)c2ccc([N+](=O)[O-])c(NN)c2)o1. The molecule has 0 atom stereocenters. The number of rotatable bonds is 5. The zero-order chi connectivity index (χ0) is 15.6. The molecule has 0 aliphatic rings. The van der Waals surface area contributed by atoms with Crippen LogP contribution in [0.4, 0.5) is 17.4 Å². The Morgan fingerprint density at radius 2 is 2.10 bits per heavy atom. The van der Waals surface area contributed by atoms with E-state index >= 15 is 0 Å². The van der Waals surface area contributed by atoms with E-state index in [4.69, 9.17) is 10.3 Å². The van der Waals surface area contributed by atoms with Crippen molar-refractivity contribution in [3.63, 3.8) is 0 Å². The summed E-state index contributed by atoms with van der Waals surface area (Å²) in [5.74, 6) is 5.33. The third-order valence-corrected chi connectivity index (χ3v) is 3.70. The summed E-state index contributed by atoms with van der Waals surface area (Å²) in [4.78, 5) is 9.80. The summed E-state index contributed by atoms with van der Waals surface area (Å²) in [5.41, 5.74) is 1.57. The van der Waals surface area contributed by atoms with Crippen molar-refractivity contribution in [2.45, 2.75) is 11.8 Å². The van der Waals surface area contributed by atoms with Gasteiger partial charge in [0, 0.05) is 13.0 Å². The highest BCUT2D eigenvalue weighted by molar-refractivity contribution is 7.92. The standard InChI is InChI=1S/C9H10N6O5S/c1-5-12-13-9(20-5)14-21(18,19)6-2-3-8(15(16)17)7(4-6)11-10/h2-4,11H,10H2,1H3,(H,13,14). The molecule has 1 aromatic carbocycles. The second-order valence-corrected chi connectivity index (χ2v) is 5.49. The molecule has 12 heteroatoms. The number of aromatic nitrogens is 2. The maximum atomic E-state index is 12.1. The van der Waals surface area contributed by atoms with Crippen molar-refractivity contribution in [1.29, 1.82) is 0 Å². The van der Waals surface area contributed by atoms with Gasteiger partial charge < -0.3 is 9.84 Å². The molecule has 2 aromatic rings. The molecule has 0 bridgehead atoms. The summed E-state index contributed by atoms with van der Waals surface area (Å²) >= 11 is 0. The van der Waals surface area contributed by atoms with Crippen LogP contribution in [0.15, 0.2) is 27.5 Å². The Hall–Kier alpha value is -2.73. The van der Waals surface area contributed by atoms with Crippen molar-refractivity contribution in [3.05, 3.63) is 34.2 Å². The van der Waals surface area contributed by atoms with Gasteiger partial charge in [0.25, 0.3) is 15.7 Å². The lowest BCUT2D eigenvalue weighted by Crippen LogP contribution is -2.15. The van der Waals surface area contributed by atoms with Gasteiger partial charge in [0.05, 0.1) is 9.82 Å². The van der Waals surface area contributed by atoms with Crippen LogP contribution in [-0.2, 0) is 10.0 Å². The highest BCUT2D eigenvalue weighted by Gasteiger charge is 2.22. The fraction of sp³-hybridized carbons (Fsp3) is 0.111. The number of anilines is 2. The predicted octanol–water partition coefficient (Wildman–Crippen LogP) is 0.373. The zero-order valence-electron chi connectivity index (χ0n) is 10.6. The molecular weight excluding hydrogens is 304 g/mol. The van der Waals surface area contributed by atoms with Gasteiger partial charge in [0.2, 0.25) is 5.89 Å². The van der Waals surface area contributed by atoms with Crippen molar-refractivity contribution in [3.8, 4) is 0 Å². The second kappa shape index (κ2) is 5.34. The summed E-state index contributed by atoms with van der Waals surface area (Å²) in [6.45, 7) is 1.49. The number of nitrogens with one attached hydrogen (secondary N) is 2. The fourth-order valence-corrected chi connectivity index (χ4v) is 2.42.